The lowest BCUT2D eigenvalue weighted by Crippen LogP contribution is -2.38. The third-order valence-electron chi connectivity index (χ3n) is 5.86. The number of hydrogen-bond donors (Lipinski definition) is 0. The summed E-state index contributed by atoms with van der Waals surface area (Å²) in [6.07, 6.45) is 1.66. The number of nitrogens with zero attached hydrogens (tertiary/aromatic N) is 2. The average molecular weight is 399 g/mol. The van der Waals surface area contributed by atoms with Crippen LogP contribution in [0.4, 0.5) is 0 Å². The minimum Gasteiger partial charge on any atom is -0.497 e. The van der Waals surface area contributed by atoms with Crippen LogP contribution in [0.5, 0.6) is 5.75 Å². The predicted molar refractivity (Wildman–Crippen MR) is 111 cm³/mol. The summed E-state index contributed by atoms with van der Waals surface area (Å²) in [7, 11) is 0.196. The maximum Gasteiger partial charge on any atom is 0.243 e. The lowest BCUT2D eigenvalue weighted by Gasteiger charge is -2.32. The van der Waals surface area contributed by atoms with Gasteiger partial charge in [-0.2, -0.15) is 4.31 Å². The highest BCUT2D eigenvalue weighted by Crippen LogP contribution is 2.34. The van der Waals surface area contributed by atoms with Crippen molar-refractivity contribution in [3.8, 4) is 5.75 Å². The van der Waals surface area contributed by atoms with Gasteiger partial charge in [-0.15, -0.1) is 0 Å². The first-order valence-corrected chi connectivity index (χ1v) is 11.0. The zero-order valence-electron chi connectivity index (χ0n) is 16.6. The third-order valence-corrected chi connectivity index (χ3v) is 7.92. The summed E-state index contributed by atoms with van der Waals surface area (Å²) >= 11 is 0. The molecule has 0 spiro atoms. The Bertz CT molecular complexity index is 1110. The van der Waals surface area contributed by atoms with E-state index < -0.39 is 10.0 Å². The van der Waals surface area contributed by atoms with Crippen LogP contribution in [0.1, 0.15) is 30.0 Å². The average Bonchev–Trinajstić information content (AvgIpc) is 3.04. The molecule has 1 aromatic heterocycles. The number of fused-ring (bicyclic) bond motifs is 1. The monoisotopic (exact) mass is 398 g/mol. The SMILES string of the molecule is COc1ccc(S(=O)(=O)N2CCC(c3cc4ccccc4n3C)CC2)c(C)c1. The van der Waals surface area contributed by atoms with Crippen molar-refractivity contribution in [2.45, 2.75) is 30.6 Å². The normalized spacial score (nSPS) is 16.5. The molecule has 0 atom stereocenters. The molecule has 3 aromatic rings. The van der Waals surface area contributed by atoms with Crippen LogP contribution < -0.4 is 4.74 Å². The topological polar surface area (TPSA) is 51.5 Å². The van der Waals surface area contributed by atoms with E-state index >= 15 is 0 Å². The fourth-order valence-electron chi connectivity index (χ4n) is 4.27. The number of rotatable bonds is 4. The number of para-hydroxylation sites is 1. The lowest BCUT2D eigenvalue weighted by molar-refractivity contribution is 0.314. The molecule has 148 valence electrons. The van der Waals surface area contributed by atoms with E-state index in [0.717, 1.165) is 18.4 Å². The molecule has 2 aromatic carbocycles. The van der Waals surface area contributed by atoms with E-state index in [1.54, 1.807) is 29.6 Å². The van der Waals surface area contributed by atoms with Gasteiger partial charge in [0, 0.05) is 37.3 Å². The Morgan fingerprint density at radius 3 is 2.39 bits per heavy atom. The van der Waals surface area contributed by atoms with E-state index in [1.807, 2.05) is 6.92 Å². The van der Waals surface area contributed by atoms with Crippen LogP contribution in [0.25, 0.3) is 10.9 Å². The second-order valence-corrected chi connectivity index (χ2v) is 9.40. The fourth-order valence-corrected chi connectivity index (χ4v) is 5.95. The van der Waals surface area contributed by atoms with E-state index in [4.69, 9.17) is 4.74 Å². The number of aryl methyl sites for hydroxylation is 2. The number of piperidine rings is 1. The molecule has 1 aliphatic rings. The number of hydrogen-bond acceptors (Lipinski definition) is 3. The molecule has 1 aliphatic heterocycles. The zero-order valence-corrected chi connectivity index (χ0v) is 17.4. The molecule has 5 nitrogen and oxygen atoms in total. The van der Waals surface area contributed by atoms with Gasteiger partial charge in [0.05, 0.1) is 12.0 Å². The Kier molecular flexibility index (Phi) is 4.93. The molecule has 0 radical (unpaired) electrons. The van der Waals surface area contributed by atoms with Crippen molar-refractivity contribution in [3.05, 3.63) is 59.8 Å². The van der Waals surface area contributed by atoms with Crippen molar-refractivity contribution < 1.29 is 13.2 Å². The van der Waals surface area contributed by atoms with Gasteiger partial charge >= 0.3 is 0 Å². The Morgan fingerprint density at radius 2 is 1.75 bits per heavy atom. The number of methoxy groups -OCH3 is 1. The smallest absolute Gasteiger partial charge is 0.243 e. The van der Waals surface area contributed by atoms with Crippen LogP contribution in [0.2, 0.25) is 0 Å². The molecule has 0 unspecified atom stereocenters. The summed E-state index contributed by atoms with van der Waals surface area (Å²) in [6, 6.07) is 15.8. The van der Waals surface area contributed by atoms with Gasteiger partial charge in [-0.1, -0.05) is 18.2 Å². The van der Waals surface area contributed by atoms with Crippen LogP contribution in [0, 0.1) is 6.92 Å². The van der Waals surface area contributed by atoms with E-state index in [2.05, 4.69) is 41.9 Å². The summed E-state index contributed by atoms with van der Waals surface area (Å²) in [4.78, 5) is 0.372. The maximum absolute atomic E-state index is 13.1. The van der Waals surface area contributed by atoms with Gasteiger partial charge in [0.1, 0.15) is 5.75 Å². The summed E-state index contributed by atoms with van der Waals surface area (Å²) < 4.78 is 35.3. The van der Waals surface area contributed by atoms with Crippen LogP contribution in [-0.2, 0) is 17.1 Å². The molecule has 1 saturated heterocycles. The summed E-state index contributed by atoms with van der Waals surface area (Å²) in [5.41, 5.74) is 3.23. The number of aromatic nitrogens is 1. The van der Waals surface area contributed by atoms with Crippen LogP contribution in [0.3, 0.4) is 0 Å². The van der Waals surface area contributed by atoms with Crippen molar-refractivity contribution >= 4 is 20.9 Å². The summed E-state index contributed by atoms with van der Waals surface area (Å²) in [5, 5.41) is 1.24. The lowest BCUT2D eigenvalue weighted by atomic mass is 9.94. The van der Waals surface area contributed by atoms with E-state index in [1.165, 1.54) is 16.6 Å². The van der Waals surface area contributed by atoms with Crippen molar-refractivity contribution in [1.29, 1.82) is 0 Å². The molecule has 2 heterocycles. The van der Waals surface area contributed by atoms with Gasteiger partial charge in [0.25, 0.3) is 0 Å². The Morgan fingerprint density at radius 1 is 1.04 bits per heavy atom. The van der Waals surface area contributed by atoms with Crippen LogP contribution in [-0.4, -0.2) is 37.5 Å². The standard InChI is InChI=1S/C22H26N2O3S/c1-16-14-19(27-3)8-9-22(16)28(25,26)24-12-10-17(11-13-24)21-15-18-6-4-5-7-20(18)23(21)2/h4-9,14-15,17H,10-13H2,1-3H3. The summed E-state index contributed by atoms with van der Waals surface area (Å²) in [6.45, 7) is 2.90. The van der Waals surface area contributed by atoms with Gasteiger partial charge in [-0.25, -0.2) is 8.42 Å². The van der Waals surface area contributed by atoms with Gasteiger partial charge in [-0.3, -0.25) is 0 Å². The molecule has 0 N–H and O–H groups in total. The molecule has 6 heteroatoms. The minimum absolute atomic E-state index is 0.372. The molecule has 1 fully saturated rings. The quantitative estimate of drug-likeness (QED) is 0.666. The highest BCUT2D eigenvalue weighted by molar-refractivity contribution is 7.89. The van der Waals surface area contributed by atoms with Crippen molar-refractivity contribution in [1.82, 2.24) is 8.87 Å². The predicted octanol–water partition coefficient (Wildman–Crippen LogP) is 4.06. The van der Waals surface area contributed by atoms with Crippen molar-refractivity contribution in [2.75, 3.05) is 20.2 Å². The van der Waals surface area contributed by atoms with Crippen molar-refractivity contribution in [2.24, 2.45) is 7.05 Å². The van der Waals surface area contributed by atoms with Gasteiger partial charge in [0.2, 0.25) is 10.0 Å². The van der Waals surface area contributed by atoms with E-state index in [0.29, 0.717) is 29.7 Å². The van der Waals surface area contributed by atoms with Crippen LogP contribution in [0.15, 0.2) is 53.4 Å². The largest absolute Gasteiger partial charge is 0.497 e. The first-order valence-electron chi connectivity index (χ1n) is 9.61. The van der Waals surface area contributed by atoms with Gasteiger partial charge in [-0.05, 0) is 61.0 Å². The first kappa shape index (κ1) is 19.0. The number of sulfonamides is 1. The third kappa shape index (κ3) is 3.20. The van der Waals surface area contributed by atoms with Gasteiger partial charge < -0.3 is 9.30 Å². The second kappa shape index (κ2) is 7.26. The molecule has 0 bridgehead atoms. The van der Waals surface area contributed by atoms with Crippen LogP contribution >= 0.6 is 0 Å². The minimum atomic E-state index is -3.49. The number of benzene rings is 2. The maximum atomic E-state index is 13.1. The first-order chi connectivity index (χ1) is 13.4. The Balaban J connectivity index is 1.54. The molecule has 0 saturated carbocycles. The van der Waals surface area contributed by atoms with E-state index in [-0.39, 0.29) is 0 Å². The molecule has 4 rings (SSSR count). The Hall–Kier alpha value is -2.31. The molecule has 0 amide bonds. The molecular weight excluding hydrogens is 372 g/mol. The highest BCUT2D eigenvalue weighted by atomic mass is 32.2. The Labute approximate surface area is 166 Å². The van der Waals surface area contributed by atoms with E-state index in [9.17, 15) is 8.42 Å². The molecule has 0 aliphatic carbocycles. The molecular formula is C22H26N2O3S. The van der Waals surface area contributed by atoms with Crippen molar-refractivity contribution in [3.63, 3.8) is 0 Å². The highest BCUT2D eigenvalue weighted by Gasteiger charge is 2.32. The molecule has 28 heavy (non-hydrogen) atoms. The fraction of sp³-hybridized carbons (Fsp3) is 0.364. The number of ether oxygens (including phenoxy) is 1. The van der Waals surface area contributed by atoms with Gasteiger partial charge in [0.15, 0.2) is 0 Å². The summed E-state index contributed by atoms with van der Waals surface area (Å²) in [5.74, 6) is 1.05. The zero-order chi connectivity index (χ0) is 19.9. The second-order valence-electron chi connectivity index (χ2n) is 7.50.